The normalized spacial score (nSPS) is 10.5. The molecule has 0 atom stereocenters. The van der Waals surface area contributed by atoms with Crippen LogP contribution in [0.5, 0.6) is 0 Å². The average molecular weight is 1960 g/mol. The molecule has 0 saturated carbocycles. The first-order valence-corrected chi connectivity index (χ1v) is 49.0. The zero-order chi connectivity index (χ0) is 100. The zero-order valence-electron chi connectivity index (χ0n) is 79.4. The molecule has 0 bridgehead atoms. The number of para-hydroxylation sites is 5. The molecule has 13 rings (SSSR count). The van der Waals surface area contributed by atoms with Gasteiger partial charge in [0.15, 0.2) is 14.1 Å². The van der Waals surface area contributed by atoms with Crippen LogP contribution in [0.15, 0.2) is 274 Å². The molecule has 11 N–H and O–H groups in total. The van der Waals surface area contributed by atoms with E-state index in [1.165, 1.54) is 31.6 Å². The molecule has 33 heteroatoms. The third kappa shape index (κ3) is 36.4. The number of ether oxygens (including phenoxy) is 1. The highest BCUT2D eigenvalue weighted by molar-refractivity contribution is 6.74. The predicted molar refractivity (Wildman–Crippen MR) is 555 cm³/mol. The van der Waals surface area contributed by atoms with Crippen LogP contribution in [0.4, 0.5) is 28.4 Å². The number of nitrogens with zero attached hydrogens (tertiary/aromatic N) is 8. The Bertz CT molecular complexity index is 5410. The molecule has 0 saturated heterocycles. The number of carbonyl (C=O) groups excluding carboxylic acids is 9. The summed E-state index contributed by atoms with van der Waals surface area (Å²) in [7, 11) is -0.218. The van der Waals surface area contributed by atoms with Gasteiger partial charge in [0.2, 0.25) is 28.9 Å². The second kappa shape index (κ2) is 62.9. The van der Waals surface area contributed by atoms with E-state index in [0.717, 1.165) is 89.0 Å². The molecule has 9 aromatic carbocycles. The van der Waals surface area contributed by atoms with Gasteiger partial charge in [-0.25, -0.2) is 21.7 Å². The molecule has 0 aliphatic carbocycles. The first-order valence-electron chi connectivity index (χ1n) is 44.7. The van der Waals surface area contributed by atoms with Crippen molar-refractivity contribution in [3.05, 3.63) is 296 Å². The molecule has 137 heavy (non-hydrogen) atoms. The highest BCUT2D eigenvalue weighted by Crippen LogP contribution is 2.37. The van der Waals surface area contributed by atoms with Crippen LogP contribution in [0, 0.1) is 0 Å². The molecular formula is C104H134Cl3N13O16Si. The molecule has 29 nitrogen and oxygen atoms in total. The number of methoxy groups -OCH3 is 1. The van der Waals surface area contributed by atoms with Gasteiger partial charge >= 0.3 is 5.97 Å². The zero-order valence-corrected chi connectivity index (χ0v) is 82.7. The number of fused-ring (bicyclic) bond motifs is 4. The van der Waals surface area contributed by atoms with Crippen molar-refractivity contribution in [3.8, 4) is 0 Å². The number of esters is 1. The minimum Gasteiger partial charge on any atom is -0.465 e. The number of alkyl halides is 2. The van der Waals surface area contributed by atoms with E-state index in [4.69, 9.17) is 64.7 Å². The van der Waals surface area contributed by atoms with Gasteiger partial charge in [-0.05, 0) is 196 Å². The molecule has 4 aromatic heterocycles. The summed E-state index contributed by atoms with van der Waals surface area (Å²) in [6, 6.07) is 76.6. The predicted octanol–water partition coefficient (Wildman–Crippen LogP) is 19.3. The van der Waals surface area contributed by atoms with E-state index < -0.39 is 32.0 Å². The number of aromatic amines is 1. The maximum absolute atomic E-state index is 12.9. The quantitative estimate of drug-likeness (QED) is 0.00267. The van der Waals surface area contributed by atoms with Crippen LogP contribution in [-0.4, -0.2) is 201 Å². The maximum Gasteiger partial charge on any atom is 0.338 e. The summed E-state index contributed by atoms with van der Waals surface area (Å²) >= 11 is 15.1. The van der Waals surface area contributed by atoms with Gasteiger partial charge in [-0.1, -0.05) is 191 Å². The smallest absolute Gasteiger partial charge is 0.338 e. The molecule has 13 aromatic rings. The van der Waals surface area contributed by atoms with Crippen LogP contribution < -0.4 is 41.8 Å². The highest BCUT2D eigenvalue weighted by Gasteiger charge is 2.37. The van der Waals surface area contributed by atoms with Gasteiger partial charge in [0.1, 0.15) is 32.1 Å². The number of nitrogens with two attached hydrogens (primary N) is 1. The number of halogens is 3. The van der Waals surface area contributed by atoms with E-state index >= 15 is 0 Å². The van der Waals surface area contributed by atoms with Gasteiger partial charge in [-0.15, -0.1) is 23.2 Å². The summed E-state index contributed by atoms with van der Waals surface area (Å²) in [6.07, 6.45) is 9.78. The fraction of sp³-hybridized carbons (Fsp3) is 0.317. The number of aliphatic hydroxyl groups excluding tert-OH is 2. The Kier molecular flexibility index (Phi) is 53.5. The molecule has 0 spiro atoms. The average Bonchev–Trinajstić information content (AvgIpc) is 1.66. The Morgan fingerprint density at radius 3 is 1.11 bits per heavy atom. The number of hydrogen-bond acceptors (Lipinski definition) is 19. The van der Waals surface area contributed by atoms with Crippen molar-refractivity contribution < 1.29 is 78.1 Å². The van der Waals surface area contributed by atoms with Gasteiger partial charge < -0.3 is 73.1 Å². The third-order valence-corrected chi connectivity index (χ3v) is 27.0. The summed E-state index contributed by atoms with van der Waals surface area (Å²) in [6.45, 7) is 31.4. The summed E-state index contributed by atoms with van der Waals surface area (Å²) in [5.41, 5.74) is 12.8. The standard InChI is InChI=1S/C21H22N2O3.C20H21N3O3.C19H19N3O4.C14H25NOSi.C11H14ClNO.C10H9NO2.C6H15N.C2H2Cl2O.CH4.H3NO/c1-3-13-23(16-8-5-4-6-9-16)20(24)15-22-14-12-17-18(21(25)26-2)10-7-11-19(17)22;1-2-12-23(15-7-4-3-5-8-15)19(24)14-22-13-11-16-17(20(25)21-26)9-6-10-18(16)22;23-12-11-22(14-5-2-1-3-6-14)18(24)13-21-10-9-15-16(19(25)20-26)7-4-8-17(15)21;1-14(2,3)17(4,5)16-12-11-15-13-9-7-6-8-10-13;1-2-8-13(11(14)9-12)10-6-4-3-5-7-10;12-6-10(13)8-2-1-3-9-7(8)4-5-11-9;1-4-7(5-2)6-3;3-1-2(4)5;;1-2/h4-12,14H,3,13,15H2,1-2H3;3-11,13,26H,2,12,14H2,1H3,(H,21,25);1-10,23,26H,11-13H2,(H,20,25);6-10,15H,11-12H2,1-5H3;3-7H,2,8-9H2,1H3;1-5,11-12H,6H2;4-6H2,1-3H3;1H2;1H4;2H,1H2. The number of nitrogens with one attached hydrogen (secondary N) is 4. The largest absolute Gasteiger partial charge is 0.465 e. The Hall–Kier alpha value is -12.7. The number of hydrogen-bond donors (Lipinski definition) is 10. The lowest BCUT2D eigenvalue weighted by atomic mass is 10.1. The molecule has 0 aliphatic heterocycles. The van der Waals surface area contributed by atoms with Crippen LogP contribution in [0.1, 0.15) is 130 Å². The molecule has 736 valence electrons. The van der Waals surface area contributed by atoms with Crippen LogP contribution in [0.2, 0.25) is 18.1 Å². The van der Waals surface area contributed by atoms with Crippen molar-refractivity contribution >= 4 is 168 Å². The number of amides is 6. The monoisotopic (exact) mass is 1950 g/mol. The van der Waals surface area contributed by atoms with Gasteiger partial charge in [0.25, 0.3) is 11.8 Å². The number of Topliss-reactive ketones (excluding diaryl/α,β-unsaturated/α-hetero) is 1. The summed E-state index contributed by atoms with van der Waals surface area (Å²) in [5.74, 6) is 1.41. The van der Waals surface area contributed by atoms with Crippen LogP contribution in [0.25, 0.3) is 43.6 Å². The van der Waals surface area contributed by atoms with E-state index in [2.05, 4.69) is 94.8 Å². The van der Waals surface area contributed by atoms with Crippen molar-refractivity contribution in [2.75, 3.05) is 116 Å². The van der Waals surface area contributed by atoms with Gasteiger partial charge in [-0.2, -0.15) is 0 Å². The number of aliphatic hydroxyl groups is 2. The van der Waals surface area contributed by atoms with Crippen molar-refractivity contribution in [3.63, 3.8) is 0 Å². The molecular weight excluding hydrogens is 1820 g/mol. The van der Waals surface area contributed by atoms with Crippen LogP contribution in [0.3, 0.4) is 0 Å². The number of ketones is 1. The number of benzene rings is 9. The van der Waals surface area contributed by atoms with E-state index in [1.807, 2.05) is 199 Å². The lowest BCUT2D eigenvalue weighted by Crippen LogP contribution is -2.41. The molecule has 0 unspecified atom stereocenters. The molecule has 0 radical (unpaired) electrons. The number of carbonyl (C=O) groups is 9. The minimum absolute atomic E-state index is 0. The Balaban J connectivity index is 0.000000339. The molecule has 0 aliphatic rings. The van der Waals surface area contributed by atoms with Crippen molar-refractivity contribution in [1.29, 1.82) is 0 Å². The minimum atomic E-state index is -1.58. The number of rotatable bonds is 33. The maximum atomic E-state index is 12.9. The third-order valence-electron chi connectivity index (χ3n) is 21.7. The second-order valence-electron chi connectivity index (χ2n) is 31.6. The lowest BCUT2D eigenvalue weighted by molar-refractivity contribution is -0.120. The van der Waals surface area contributed by atoms with Crippen molar-refractivity contribution in [2.24, 2.45) is 5.90 Å². The SMILES string of the molecule is C.CC(C)(C)[Si](C)(C)OCCNc1ccccc1.CCCN(C(=O)CCl)c1ccccc1.CCCN(C(=O)Cn1ccc2c(C(=O)NO)cccc21)c1ccccc1.CCCN(C(=O)Cn1ccc2c(C(=O)OC)cccc21)c1ccccc1.CCN(CC)CC.NO.O=C(CO)c1cccc2[nH]ccc12.O=C(Cl)CCl.O=C(NO)c1cccc2c1ccn2CC(=O)N(CCO)c1ccccc1. The summed E-state index contributed by atoms with van der Waals surface area (Å²) in [5, 5.41) is 48.4. The van der Waals surface area contributed by atoms with E-state index in [1.54, 1.807) is 116 Å². The Morgan fingerprint density at radius 2 is 0.788 bits per heavy atom. The molecule has 4 heterocycles. The number of H-pyrrole nitrogens is 1. The number of anilines is 5. The molecule has 6 amide bonds. The Labute approximate surface area is 819 Å². The first kappa shape index (κ1) is 117. The van der Waals surface area contributed by atoms with Gasteiger partial charge in [0, 0.05) is 135 Å². The molecule has 0 fully saturated rings. The van der Waals surface area contributed by atoms with Gasteiger partial charge in [0.05, 0.1) is 42.9 Å². The van der Waals surface area contributed by atoms with Crippen molar-refractivity contribution in [1.82, 2.24) is 34.5 Å². The fourth-order valence-corrected chi connectivity index (χ4v) is 15.0. The summed E-state index contributed by atoms with van der Waals surface area (Å²) in [4.78, 5) is 119. The van der Waals surface area contributed by atoms with E-state index in [9.17, 15) is 48.3 Å². The summed E-state index contributed by atoms with van der Waals surface area (Å²) < 4.78 is 16.4. The second-order valence-corrected chi connectivity index (χ2v) is 37.4. The fourth-order valence-electron chi connectivity index (χ4n) is 13.8. The number of hydroxylamine groups is 2. The van der Waals surface area contributed by atoms with Crippen LogP contribution >= 0.6 is 34.8 Å². The highest BCUT2D eigenvalue weighted by atomic mass is 35.5. The Morgan fingerprint density at radius 1 is 0.445 bits per heavy atom. The van der Waals surface area contributed by atoms with Crippen molar-refractivity contribution in [2.45, 2.75) is 127 Å². The topological polar surface area (TPSA) is 382 Å². The first-order chi connectivity index (χ1) is 65.5. The van der Waals surface area contributed by atoms with E-state index in [-0.39, 0.29) is 87.4 Å². The lowest BCUT2D eigenvalue weighted by Gasteiger charge is -2.36. The number of aromatic nitrogens is 4. The van der Waals surface area contributed by atoms with Gasteiger partial charge in [-0.3, -0.25) is 48.8 Å². The van der Waals surface area contributed by atoms with E-state index in [0.29, 0.717) is 62.4 Å². The van der Waals surface area contributed by atoms with Crippen LogP contribution in [-0.2, 0) is 52.8 Å².